The Bertz CT molecular complexity index is 676. The number of ether oxygens (including phenoxy) is 1. The summed E-state index contributed by atoms with van der Waals surface area (Å²) < 4.78 is 44.7. The van der Waals surface area contributed by atoms with Gasteiger partial charge < -0.3 is 9.84 Å². The lowest BCUT2D eigenvalue weighted by Crippen LogP contribution is -2.02. The summed E-state index contributed by atoms with van der Waals surface area (Å²) >= 11 is 0. The van der Waals surface area contributed by atoms with Crippen molar-refractivity contribution in [2.45, 2.75) is 6.92 Å². The van der Waals surface area contributed by atoms with Gasteiger partial charge in [-0.3, -0.25) is 0 Å². The van der Waals surface area contributed by atoms with E-state index >= 15 is 0 Å². The highest BCUT2D eigenvalue weighted by Gasteiger charge is 2.17. The third-order valence-electron chi connectivity index (χ3n) is 2.83. The van der Waals surface area contributed by atoms with E-state index in [1.165, 1.54) is 18.2 Å². The number of carbonyl (C=O) groups is 1. The third-order valence-corrected chi connectivity index (χ3v) is 2.83. The highest BCUT2D eigenvalue weighted by molar-refractivity contribution is 5.96. The van der Waals surface area contributed by atoms with Gasteiger partial charge >= 0.3 is 5.97 Å². The molecular formula is C15H11F3O3. The molecule has 0 atom stereocenters. The van der Waals surface area contributed by atoms with Gasteiger partial charge in [0.1, 0.15) is 5.75 Å². The van der Waals surface area contributed by atoms with Crippen LogP contribution in [0.15, 0.2) is 30.3 Å². The molecule has 0 bridgehead atoms. The van der Waals surface area contributed by atoms with Crippen molar-refractivity contribution in [1.82, 2.24) is 0 Å². The Balaban J connectivity index is 2.60. The molecule has 0 heterocycles. The molecule has 2 aromatic rings. The van der Waals surface area contributed by atoms with Gasteiger partial charge in [-0.1, -0.05) is 0 Å². The number of hydrogen-bond acceptors (Lipinski definition) is 2. The van der Waals surface area contributed by atoms with Gasteiger partial charge in [-0.15, -0.1) is 0 Å². The SMILES string of the molecule is CCOc1ccc(-c2cc(F)c(F)c(F)c2)c(C(=O)O)c1. The summed E-state index contributed by atoms with van der Waals surface area (Å²) in [5.41, 5.74) is -0.179. The van der Waals surface area contributed by atoms with Crippen LogP contribution in [0.4, 0.5) is 13.2 Å². The molecule has 2 aromatic carbocycles. The molecule has 0 radical (unpaired) electrons. The van der Waals surface area contributed by atoms with Crippen LogP contribution in [0, 0.1) is 17.5 Å². The molecule has 0 aromatic heterocycles. The average Bonchev–Trinajstić information content (AvgIpc) is 2.44. The molecule has 3 nitrogen and oxygen atoms in total. The smallest absolute Gasteiger partial charge is 0.336 e. The minimum absolute atomic E-state index is 0.0631. The minimum Gasteiger partial charge on any atom is -0.494 e. The zero-order valence-corrected chi connectivity index (χ0v) is 11.0. The molecule has 110 valence electrons. The van der Waals surface area contributed by atoms with Crippen LogP contribution in [0.1, 0.15) is 17.3 Å². The second kappa shape index (κ2) is 5.87. The molecule has 0 fully saturated rings. The Morgan fingerprint density at radius 1 is 1.14 bits per heavy atom. The lowest BCUT2D eigenvalue weighted by molar-refractivity contribution is 0.0697. The Morgan fingerprint density at radius 3 is 2.29 bits per heavy atom. The second-order valence-corrected chi connectivity index (χ2v) is 4.20. The summed E-state index contributed by atoms with van der Waals surface area (Å²) in [5.74, 6) is -5.31. The Labute approximate surface area is 118 Å². The van der Waals surface area contributed by atoms with Gasteiger partial charge in [0.2, 0.25) is 0 Å². The fourth-order valence-corrected chi connectivity index (χ4v) is 1.92. The van der Waals surface area contributed by atoms with Crippen LogP contribution in [0.5, 0.6) is 5.75 Å². The van der Waals surface area contributed by atoms with Crippen molar-refractivity contribution < 1.29 is 27.8 Å². The number of halogens is 3. The van der Waals surface area contributed by atoms with E-state index in [9.17, 15) is 23.1 Å². The lowest BCUT2D eigenvalue weighted by atomic mass is 9.99. The van der Waals surface area contributed by atoms with Crippen molar-refractivity contribution in [3.63, 3.8) is 0 Å². The van der Waals surface area contributed by atoms with Gasteiger partial charge in [0, 0.05) is 0 Å². The molecule has 6 heteroatoms. The summed E-state index contributed by atoms with van der Waals surface area (Å²) in [6.07, 6.45) is 0. The van der Waals surface area contributed by atoms with Crippen LogP contribution >= 0.6 is 0 Å². The number of benzene rings is 2. The van der Waals surface area contributed by atoms with Gasteiger partial charge in [-0.2, -0.15) is 0 Å². The minimum atomic E-state index is -1.60. The third kappa shape index (κ3) is 2.99. The second-order valence-electron chi connectivity index (χ2n) is 4.20. The summed E-state index contributed by atoms with van der Waals surface area (Å²) in [6, 6.07) is 5.59. The van der Waals surface area contributed by atoms with Gasteiger partial charge in [0.15, 0.2) is 17.5 Å². The number of carboxylic acid groups (broad SMARTS) is 1. The van der Waals surface area contributed by atoms with Crippen LogP contribution in [-0.4, -0.2) is 17.7 Å². The average molecular weight is 296 g/mol. The summed E-state index contributed by atoms with van der Waals surface area (Å²) in [6.45, 7) is 2.08. The van der Waals surface area contributed by atoms with E-state index in [4.69, 9.17) is 4.74 Å². The van der Waals surface area contributed by atoms with Crippen molar-refractivity contribution in [2.75, 3.05) is 6.61 Å². The molecule has 0 saturated heterocycles. The predicted octanol–water partition coefficient (Wildman–Crippen LogP) is 3.87. The molecule has 0 unspecified atom stereocenters. The van der Waals surface area contributed by atoms with E-state index in [1.807, 2.05) is 0 Å². The molecule has 1 N–H and O–H groups in total. The first-order chi connectivity index (χ1) is 9.93. The van der Waals surface area contributed by atoms with Gasteiger partial charge in [0.05, 0.1) is 12.2 Å². The first kappa shape index (κ1) is 14.9. The lowest BCUT2D eigenvalue weighted by Gasteiger charge is -2.10. The number of carboxylic acids is 1. The van der Waals surface area contributed by atoms with E-state index in [0.29, 0.717) is 12.4 Å². The van der Waals surface area contributed by atoms with Crippen LogP contribution in [-0.2, 0) is 0 Å². The highest BCUT2D eigenvalue weighted by Crippen LogP contribution is 2.29. The van der Waals surface area contributed by atoms with Gasteiger partial charge in [0.25, 0.3) is 0 Å². The zero-order valence-electron chi connectivity index (χ0n) is 11.0. The maximum absolute atomic E-state index is 13.3. The summed E-state index contributed by atoms with van der Waals surface area (Å²) in [4.78, 5) is 11.3. The molecule has 2 rings (SSSR count). The molecule has 0 aliphatic heterocycles. The Hall–Kier alpha value is -2.50. The molecule has 21 heavy (non-hydrogen) atoms. The van der Waals surface area contributed by atoms with E-state index in [0.717, 1.165) is 12.1 Å². The first-order valence-corrected chi connectivity index (χ1v) is 6.09. The van der Waals surface area contributed by atoms with Gasteiger partial charge in [-0.05, 0) is 48.4 Å². The highest BCUT2D eigenvalue weighted by atomic mass is 19.2. The quantitative estimate of drug-likeness (QED) is 0.871. The van der Waals surface area contributed by atoms with E-state index in [-0.39, 0.29) is 16.7 Å². The molecule has 0 spiro atoms. The van der Waals surface area contributed by atoms with E-state index < -0.39 is 23.4 Å². The van der Waals surface area contributed by atoms with E-state index in [2.05, 4.69) is 0 Å². The fraction of sp³-hybridized carbons (Fsp3) is 0.133. The molecular weight excluding hydrogens is 285 g/mol. The normalized spacial score (nSPS) is 10.5. The Kier molecular flexibility index (Phi) is 4.16. The number of hydrogen-bond donors (Lipinski definition) is 1. The standard InChI is InChI=1S/C15H11F3O3/c1-2-21-9-3-4-10(11(7-9)15(19)20)8-5-12(16)14(18)13(17)6-8/h3-7H,2H2,1H3,(H,19,20). The zero-order chi connectivity index (χ0) is 15.6. The van der Waals surface area contributed by atoms with Crippen LogP contribution in [0.3, 0.4) is 0 Å². The molecule has 0 aliphatic carbocycles. The summed E-state index contributed by atoms with van der Waals surface area (Å²) in [7, 11) is 0. The fourth-order valence-electron chi connectivity index (χ4n) is 1.92. The van der Waals surface area contributed by atoms with Crippen molar-refractivity contribution in [3.8, 4) is 16.9 Å². The number of rotatable bonds is 4. The maximum atomic E-state index is 13.3. The van der Waals surface area contributed by atoms with Crippen molar-refractivity contribution in [2.24, 2.45) is 0 Å². The summed E-state index contributed by atoms with van der Waals surface area (Å²) in [5, 5.41) is 9.20. The van der Waals surface area contributed by atoms with Crippen LogP contribution in [0.25, 0.3) is 11.1 Å². The van der Waals surface area contributed by atoms with Gasteiger partial charge in [-0.25, -0.2) is 18.0 Å². The molecule has 0 saturated carbocycles. The monoisotopic (exact) mass is 296 g/mol. The van der Waals surface area contributed by atoms with Crippen LogP contribution in [0.2, 0.25) is 0 Å². The van der Waals surface area contributed by atoms with Crippen molar-refractivity contribution in [3.05, 3.63) is 53.3 Å². The molecule has 0 aliphatic rings. The van der Waals surface area contributed by atoms with Crippen molar-refractivity contribution >= 4 is 5.97 Å². The van der Waals surface area contributed by atoms with Crippen molar-refractivity contribution in [1.29, 1.82) is 0 Å². The topological polar surface area (TPSA) is 46.5 Å². The molecule has 0 amide bonds. The first-order valence-electron chi connectivity index (χ1n) is 6.09. The van der Waals surface area contributed by atoms with Crippen LogP contribution < -0.4 is 4.74 Å². The maximum Gasteiger partial charge on any atom is 0.336 e. The predicted molar refractivity (Wildman–Crippen MR) is 69.9 cm³/mol. The Morgan fingerprint density at radius 2 is 1.76 bits per heavy atom. The largest absolute Gasteiger partial charge is 0.494 e. The van der Waals surface area contributed by atoms with E-state index in [1.54, 1.807) is 6.92 Å². The number of aromatic carboxylic acids is 1.